The third kappa shape index (κ3) is 8.81. The zero-order valence-electron chi connectivity index (χ0n) is 28.4. The van der Waals surface area contributed by atoms with Crippen LogP contribution in [0.5, 0.6) is 5.75 Å². The van der Waals surface area contributed by atoms with Crippen LogP contribution in [0.3, 0.4) is 0 Å². The van der Waals surface area contributed by atoms with E-state index in [1.807, 2.05) is 12.1 Å². The van der Waals surface area contributed by atoms with E-state index in [1.165, 1.54) is 24.3 Å². The fraction of sp³-hybridized carbons (Fsp3) is 0.487. The number of hydrogen-bond donors (Lipinski definition) is 2. The Labute approximate surface area is 273 Å². The van der Waals surface area contributed by atoms with Gasteiger partial charge < -0.3 is 15.4 Å². The van der Waals surface area contributed by atoms with E-state index in [9.17, 15) is 18.4 Å². The third-order valence-corrected chi connectivity index (χ3v) is 9.09. The molecule has 0 saturated carbocycles. The molecule has 7 heteroatoms. The summed E-state index contributed by atoms with van der Waals surface area (Å²) < 4.78 is 33.2. The second kappa shape index (κ2) is 14.9. The first kappa shape index (κ1) is 35.3. The van der Waals surface area contributed by atoms with Gasteiger partial charge in [-0.05, 0) is 90.1 Å². The van der Waals surface area contributed by atoms with Crippen molar-refractivity contribution < 1.29 is 23.1 Å². The maximum Gasteiger partial charge on any atom is 0.251 e. The van der Waals surface area contributed by atoms with Crippen LogP contribution < -0.4 is 15.4 Å². The molecule has 5 nitrogen and oxygen atoms in total. The molecule has 2 N–H and O–H groups in total. The zero-order chi connectivity index (χ0) is 33.6. The smallest absolute Gasteiger partial charge is 0.251 e. The maximum absolute atomic E-state index is 13.9. The number of hydrogen-bond acceptors (Lipinski definition) is 4. The largest absolute Gasteiger partial charge is 0.496 e. The monoisotopic (exact) mass is 632 g/mol. The number of nitrogens with one attached hydrogen (secondary N) is 2. The van der Waals surface area contributed by atoms with Gasteiger partial charge in [-0.15, -0.1) is 0 Å². The normalized spacial score (nSPS) is 16.0. The Bertz CT molecular complexity index is 1400. The van der Waals surface area contributed by atoms with Crippen molar-refractivity contribution in [2.45, 2.75) is 96.4 Å². The predicted octanol–water partition coefficient (Wildman–Crippen LogP) is 8.24. The number of Topliss-reactive ketones (excluding diaryl/α,β-unsaturated/α-hetero) is 1. The minimum Gasteiger partial charge on any atom is -0.496 e. The third-order valence-electron chi connectivity index (χ3n) is 9.09. The Hall–Kier alpha value is -3.58. The van der Waals surface area contributed by atoms with Crippen LogP contribution in [0.4, 0.5) is 8.78 Å². The van der Waals surface area contributed by atoms with Gasteiger partial charge in [0.1, 0.15) is 17.4 Å². The first-order valence-corrected chi connectivity index (χ1v) is 16.5. The Morgan fingerprint density at radius 3 is 1.83 bits per heavy atom. The SMILES string of the molecule is COc1c(C(C)(C)C)cc(C(=O)NC(C(=O)CCCCC(c2ccc(F)cc2)c2ccc(F)cc2)C2CCNC2)cc1C(C)(C)C. The average Bonchev–Trinajstić information content (AvgIpc) is 3.54. The number of carbonyl (C=O) groups is 2. The summed E-state index contributed by atoms with van der Waals surface area (Å²) in [5.74, 6) is -0.0655. The molecule has 4 rings (SSSR count). The number of rotatable bonds is 12. The van der Waals surface area contributed by atoms with Gasteiger partial charge in [-0.1, -0.05) is 72.2 Å². The van der Waals surface area contributed by atoms with Crippen molar-refractivity contribution >= 4 is 11.7 Å². The highest BCUT2D eigenvalue weighted by molar-refractivity contribution is 5.98. The van der Waals surface area contributed by atoms with E-state index in [1.54, 1.807) is 31.4 Å². The van der Waals surface area contributed by atoms with E-state index in [0.29, 0.717) is 24.9 Å². The molecule has 1 saturated heterocycles. The lowest BCUT2D eigenvalue weighted by Gasteiger charge is -2.30. The van der Waals surface area contributed by atoms with Crippen molar-refractivity contribution in [1.29, 1.82) is 0 Å². The van der Waals surface area contributed by atoms with E-state index in [0.717, 1.165) is 53.8 Å². The molecule has 248 valence electrons. The fourth-order valence-corrected chi connectivity index (χ4v) is 6.46. The lowest BCUT2D eigenvalue weighted by atomic mass is 9.78. The van der Waals surface area contributed by atoms with Gasteiger partial charge in [0.15, 0.2) is 5.78 Å². The van der Waals surface area contributed by atoms with Gasteiger partial charge in [-0.3, -0.25) is 9.59 Å². The minimum absolute atomic E-state index is 0.0186. The summed E-state index contributed by atoms with van der Waals surface area (Å²) in [5.41, 5.74) is 3.82. The highest BCUT2D eigenvalue weighted by Crippen LogP contribution is 2.40. The fourth-order valence-electron chi connectivity index (χ4n) is 6.46. The van der Waals surface area contributed by atoms with Crippen molar-refractivity contribution in [1.82, 2.24) is 10.6 Å². The van der Waals surface area contributed by atoms with Crippen molar-refractivity contribution in [3.8, 4) is 5.75 Å². The van der Waals surface area contributed by atoms with E-state index < -0.39 is 6.04 Å². The van der Waals surface area contributed by atoms with Crippen LogP contribution in [0, 0.1) is 17.6 Å². The first-order valence-electron chi connectivity index (χ1n) is 16.5. The van der Waals surface area contributed by atoms with Crippen molar-refractivity contribution in [3.05, 3.63) is 100 Å². The molecule has 0 bridgehead atoms. The Kier molecular flexibility index (Phi) is 11.4. The Morgan fingerprint density at radius 2 is 1.39 bits per heavy atom. The predicted molar refractivity (Wildman–Crippen MR) is 181 cm³/mol. The van der Waals surface area contributed by atoms with Crippen LogP contribution >= 0.6 is 0 Å². The summed E-state index contributed by atoms with van der Waals surface area (Å²) in [7, 11) is 1.67. The molecule has 3 aromatic rings. The van der Waals surface area contributed by atoms with Crippen LogP contribution in [0.25, 0.3) is 0 Å². The van der Waals surface area contributed by atoms with Gasteiger partial charge in [0.25, 0.3) is 5.91 Å². The highest BCUT2D eigenvalue weighted by atomic mass is 19.1. The molecule has 0 spiro atoms. The van der Waals surface area contributed by atoms with Crippen LogP contribution in [0.2, 0.25) is 0 Å². The van der Waals surface area contributed by atoms with E-state index in [2.05, 4.69) is 52.2 Å². The van der Waals surface area contributed by atoms with Gasteiger partial charge >= 0.3 is 0 Å². The van der Waals surface area contributed by atoms with Gasteiger partial charge in [0.05, 0.1) is 13.2 Å². The molecule has 1 heterocycles. The van der Waals surface area contributed by atoms with Gasteiger partial charge in [-0.2, -0.15) is 0 Å². The standard InChI is InChI=1S/C39H50F2N2O3/c1-38(2,3)32-22-28(23-33(36(32)46-7)39(4,5)6)37(45)43-35(27-20-21-42-24-27)34(44)11-9-8-10-31(25-12-16-29(40)17-13-25)26-14-18-30(41)19-15-26/h12-19,22-23,27,31,35,42H,8-11,20-21,24H2,1-7H3,(H,43,45). The average molecular weight is 633 g/mol. The molecular weight excluding hydrogens is 582 g/mol. The summed E-state index contributed by atoms with van der Waals surface area (Å²) in [4.78, 5) is 27.6. The van der Waals surface area contributed by atoms with Crippen LogP contribution in [0.15, 0.2) is 60.7 Å². The molecular formula is C39H50F2N2O3. The maximum atomic E-state index is 13.9. The lowest BCUT2D eigenvalue weighted by molar-refractivity contribution is -0.122. The number of carbonyl (C=O) groups excluding carboxylic acids is 2. The van der Waals surface area contributed by atoms with E-state index in [-0.39, 0.29) is 46.0 Å². The Morgan fingerprint density at radius 1 is 0.870 bits per heavy atom. The number of unbranched alkanes of at least 4 members (excludes halogenated alkanes) is 1. The van der Waals surface area contributed by atoms with Crippen LogP contribution in [0.1, 0.15) is 112 Å². The topological polar surface area (TPSA) is 67.4 Å². The molecule has 2 atom stereocenters. The number of benzene rings is 3. The number of amides is 1. The van der Waals surface area contributed by atoms with E-state index >= 15 is 0 Å². The quantitative estimate of drug-likeness (QED) is 0.198. The Balaban J connectivity index is 1.50. The highest BCUT2D eigenvalue weighted by Gasteiger charge is 2.33. The zero-order valence-corrected chi connectivity index (χ0v) is 28.4. The summed E-state index contributed by atoms with van der Waals surface area (Å²) in [6.07, 6.45) is 3.27. The molecule has 46 heavy (non-hydrogen) atoms. The molecule has 0 radical (unpaired) electrons. The molecule has 0 aliphatic carbocycles. The minimum atomic E-state index is -0.592. The van der Waals surface area contributed by atoms with Crippen LogP contribution in [-0.2, 0) is 15.6 Å². The van der Waals surface area contributed by atoms with Gasteiger partial charge in [-0.25, -0.2) is 8.78 Å². The number of ketones is 1. The van der Waals surface area contributed by atoms with Crippen molar-refractivity contribution in [3.63, 3.8) is 0 Å². The number of halogens is 2. The molecule has 1 aliphatic rings. The van der Waals surface area contributed by atoms with Gasteiger partial charge in [0, 0.05) is 35.6 Å². The summed E-state index contributed by atoms with van der Waals surface area (Å²) >= 11 is 0. The molecule has 1 aliphatic heterocycles. The first-order chi connectivity index (χ1) is 21.7. The molecule has 2 unspecified atom stereocenters. The molecule has 1 fully saturated rings. The second-order valence-corrected chi connectivity index (χ2v) is 14.7. The lowest BCUT2D eigenvalue weighted by Crippen LogP contribution is -2.46. The molecule has 0 aromatic heterocycles. The van der Waals surface area contributed by atoms with Crippen molar-refractivity contribution in [2.24, 2.45) is 5.92 Å². The molecule has 1 amide bonds. The van der Waals surface area contributed by atoms with Crippen LogP contribution in [-0.4, -0.2) is 37.9 Å². The summed E-state index contributed by atoms with van der Waals surface area (Å²) in [6, 6.07) is 16.0. The summed E-state index contributed by atoms with van der Waals surface area (Å²) in [5, 5.41) is 6.49. The van der Waals surface area contributed by atoms with Gasteiger partial charge in [0.2, 0.25) is 0 Å². The second-order valence-electron chi connectivity index (χ2n) is 14.7. The summed E-state index contributed by atoms with van der Waals surface area (Å²) in [6.45, 7) is 14.1. The van der Waals surface area contributed by atoms with E-state index in [4.69, 9.17) is 4.74 Å². The number of ether oxygens (including phenoxy) is 1. The van der Waals surface area contributed by atoms with Crippen molar-refractivity contribution in [2.75, 3.05) is 20.2 Å². The molecule has 3 aromatic carbocycles. The number of methoxy groups -OCH3 is 1.